The zero-order valence-corrected chi connectivity index (χ0v) is 25.9. The van der Waals surface area contributed by atoms with Crippen molar-refractivity contribution in [1.29, 1.82) is 0 Å². The van der Waals surface area contributed by atoms with Crippen LogP contribution in [-0.2, 0) is 16.0 Å². The van der Waals surface area contributed by atoms with Crippen molar-refractivity contribution in [3.8, 4) is 23.0 Å². The Bertz CT molecular complexity index is 1780. The van der Waals surface area contributed by atoms with Gasteiger partial charge < -0.3 is 24.1 Å². The number of methoxy groups -OCH3 is 2. The Balaban J connectivity index is 1.48. The fourth-order valence-corrected chi connectivity index (χ4v) is 6.72. The molecule has 0 spiro atoms. The number of nitrogens with zero attached hydrogens (tertiary/aromatic N) is 2. The Morgan fingerprint density at radius 2 is 1.89 bits per heavy atom. The van der Waals surface area contributed by atoms with Crippen molar-refractivity contribution in [2.24, 2.45) is 0 Å². The molecule has 0 aliphatic carbocycles. The smallest absolute Gasteiger partial charge is 0.301 e. The number of benzene rings is 3. The minimum Gasteiger partial charge on any atom is -0.507 e. The summed E-state index contributed by atoms with van der Waals surface area (Å²) in [6.07, 6.45) is 3.74. The van der Waals surface area contributed by atoms with Crippen LogP contribution in [0.1, 0.15) is 55.8 Å². The van der Waals surface area contributed by atoms with Crippen LogP contribution in [-0.4, -0.2) is 48.7 Å². The van der Waals surface area contributed by atoms with Crippen molar-refractivity contribution in [3.63, 3.8) is 0 Å². The number of ketones is 1. The van der Waals surface area contributed by atoms with E-state index in [-0.39, 0.29) is 17.4 Å². The van der Waals surface area contributed by atoms with Gasteiger partial charge in [0.15, 0.2) is 16.6 Å². The van der Waals surface area contributed by atoms with Gasteiger partial charge in [-0.1, -0.05) is 37.2 Å². The summed E-state index contributed by atoms with van der Waals surface area (Å²) in [6, 6.07) is 15.1. The molecule has 0 saturated carbocycles. The summed E-state index contributed by atoms with van der Waals surface area (Å²) >= 11 is 1.27. The molecule has 1 N–H and O–H groups in total. The number of thiazole rings is 1. The molecule has 9 nitrogen and oxygen atoms in total. The molecule has 2 aliphatic rings. The van der Waals surface area contributed by atoms with Crippen LogP contribution in [0, 0.1) is 0 Å². The van der Waals surface area contributed by atoms with Gasteiger partial charge in [-0.3, -0.25) is 14.5 Å². The number of hydrogen-bond donors (Lipinski definition) is 1. The lowest BCUT2D eigenvalue weighted by atomic mass is 9.94. The second-order valence-corrected chi connectivity index (χ2v) is 11.9. The van der Waals surface area contributed by atoms with E-state index >= 15 is 0 Å². The summed E-state index contributed by atoms with van der Waals surface area (Å²) in [6.45, 7) is 4.64. The first-order valence-corrected chi connectivity index (χ1v) is 15.5. The molecule has 2 atom stereocenters. The van der Waals surface area contributed by atoms with Gasteiger partial charge in [0.05, 0.1) is 42.7 Å². The fourth-order valence-electron chi connectivity index (χ4n) is 5.70. The predicted octanol–water partition coefficient (Wildman–Crippen LogP) is 6.83. The van der Waals surface area contributed by atoms with E-state index in [0.717, 1.165) is 35.3 Å². The lowest BCUT2D eigenvalue weighted by molar-refractivity contribution is -0.132. The number of aliphatic hydroxyl groups is 1. The number of unbranched alkanes of at least 4 members (excludes halogenated alkanes) is 2. The van der Waals surface area contributed by atoms with E-state index in [1.165, 1.54) is 16.2 Å². The number of aliphatic hydroxyl groups excluding tert-OH is 1. The average Bonchev–Trinajstić information content (AvgIpc) is 3.70. The maximum Gasteiger partial charge on any atom is 0.301 e. The van der Waals surface area contributed by atoms with Gasteiger partial charge in [-0.2, -0.15) is 0 Å². The maximum absolute atomic E-state index is 13.8. The highest BCUT2D eigenvalue weighted by Gasteiger charge is 2.48. The van der Waals surface area contributed by atoms with E-state index in [1.807, 2.05) is 19.1 Å². The Morgan fingerprint density at radius 3 is 2.66 bits per heavy atom. The molecule has 44 heavy (non-hydrogen) atoms. The number of carbonyl (C=O) groups excluding carboxylic acids is 2. The minimum absolute atomic E-state index is 0.0146. The molecule has 1 saturated heterocycles. The molecule has 1 fully saturated rings. The Hall–Kier alpha value is -4.57. The average molecular weight is 615 g/mol. The number of amides is 1. The predicted molar refractivity (Wildman–Crippen MR) is 169 cm³/mol. The summed E-state index contributed by atoms with van der Waals surface area (Å²) in [5, 5.41) is 12.0. The molecule has 3 heterocycles. The van der Waals surface area contributed by atoms with Crippen LogP contribution in [0.15, 0.2) is 60.2 Å². The van der Waals surface area contributed by atoms with Gasteiger partial charge in [0, 0.05) is 12.0 Å². The molecule has 228 valence electrons. The number of aromatic nitrogens is 1. The lowest BCUT2D eigenvalue weighted by Crippen LogP contribution is -2.29. The molecule has 3 aromatic carbocycles. The lowest BCUT2D eigenvalue weighted by Gasteiger charge is -2.24. The zero-order valence-electron chi connectivity index (χ0n) is 25.1. The topological polar surface area (TPSA) is 107 Å². The SMILES string of the molecule is CCCCCOc1ccc([C@@H]2/C(=C(\O)c3ccc4c(c3)C[C@@H](C)O4)C(=O)C(=O)N2c2nc3ccc(OC)cc3s2)cc1OC. The van der Waals surface area contributed by atoms with Crippen LogP contribution >= 0.6 is 11.3 Å². The van der Waals surface area contributed by atoms with Gasteiger partial charge in [0.25, 0.3) is 5.78 Å². The molecule has 4 aromatic rings. The molecule has 6 rings (SSSR count). The normalized spacial score (nSPS) is 18.9. The monoisotopic (exact) mass is 614 g/mol. The number of Topliss-reactive ketones (excluding diaryl/α,β-unsaturated/α-hetero) is 1. The van der Waals surface area contributed by atoms with E-state index in [2.05, 4.69) is 6.92 Å². The number of carbonyl (C=O) groups is 2. The summed E-state index contributed by atoms with van der Waals surface area (Å²) in [4.78, 5) is 33.6. The highest BCUT2D eigenvalue weighted by Crippen LogP contribution is 2.46. The van der Waals surface area contributed by atoms with E-state index in [4.69, 9.17) is 23.9 Å². The summed E-state index contributed by atoms with van der Waals surface area (Å²) in [7, 11) is 3.13. The zero-order chi connectivity index (χ0) is 31.0. The second-order valence-electron chi connectivity index (χ2n) is 10.9. The molecular formula is C34H34N2O7S. The standard InChI is InChI=1S/C34H34N2O7S/c1-5-6-7-14-42-26-13-8-20(17-27(26)41-4)30-29(31(37)21-9-12-25-22(16-21)15-19(2)43-25)32(38)33(39)36(30)34-35-24-11-10-23(40-3)18-28(24)44-34/h8-13,16-19,30,37H,5-7,14-15H2,1-4H3/b31-29+/t19-,30-/m1/s1. The van der Waals surface area contributed by atoms with Gasteiger partial charge in [0.2, 0.25) is 0 Å². The van der Waals surface area contributed by atoms with Crippen molar-refractivity contribution in [2.45, 2.75) is 51.7 Å². The van der Waals surface area contributed by atoms with Gasteiger partial charge >= 0.3 is 5.91 Å². The largest absolute Gasteiger partial charge is 0.507 e. The van der Waals surface area contributed by atoms with Gasteiger partial charge in [0.1, 0.15) is 23.4 Å². The van der Waals surface area contributed by atoms with Crippen LogP contribution in [0.3, 0.4) is 0 Å². The van der Waals surface area contributed by atoms with E-state index < -0.39 is 17.7 Å². The van der Waals surface area contributed by atoms with Gasteiger partial charge in [-0.05, 0) is 73.0 Å². The van der Waals surface area contributed by atoms with Crippen molar-refractivity contribution in [3.05, 3.63) is 76.9 Å². The molecule has 0 bridgehead atoms. The molecule has 0 unspecified atom stereocenters. The van der Waals surface area contributed by atoms with Crippen molar-refractivity contribution in [2.75, 3.05) is 25.7 Å². The molecule has 2 aliphatic heterocycles. The van der Waals surface area contributed by atoms with E-state index in [0.29, 0.717) is 52.1 Å². The third-order valence-corrected chi connectivity index (χ3v) is 8.93. The maximum atomic E-state index is 13.8. The first-order valence-electron chi connectivity index (χ1n) is 14.7. The Labute approximate surface area is 259 Å². The van der Waals surface area contributed by atoms with E-state index in [1.54, 1.807) is 56.7 Å². The fraction of sp³-hybridized carbons (Fsp3) is 0.324. The molecule has 1 aromatic heterocycles. The van der Waals surface area contributed by atoms with Crippen molar-refractivity contribution in [1.82, 2.24) is 4.98 Å². The first-order chi connectivity index (χ1) is 21.3. The van der Waals surface area contributed by atoms with Gasteiger partial charge in [-0.25, -0.2) is 4.98 Å². The van der Waals surface area contributed by atoms with Crippen molar-refractivity contribution < 1.29 is 33.6 Å². The van der Waals surface area contributed by atoms with Crippen LogP contribution in [0.5, 0.6) is 23.0 Å². The first kappa shape index (κ1) is 29.5. The summed E-state index contributed by atoms with van der Waals surface area (Å²) in [5.74, 6) is 0.579. The highest BCUT2D eigenvalue weighted by atomic mass is 32.1. The van der Waals surface area contributed by atoms with Crippen LogP contribution in [0.4, 0.5) is 5.13 Å². The number of anilines is 1. The summed E-state index contributed by atoms with van der Waals surface area (Å²) < 4.78 is 23.7. The third-order valence-electron chi connectivity index (χ3n) is 7.91. The molecule has 1 amide bonds. The van der Waals surface area contributed by atoms with Crippen LogP contribution in [0.25, 0.3) is 16.0 Å². The number of hydrogen-bond acceptors (Lipinski definition) is 9. The Kier molecular flexibility index (Phi) is 8.18. The van der Waals surface area contributed by atoms with Gasteiger partial charge in [-0.15, -0.1) is 0 Å². The third kappa shape index (κ3) is 5.34. The quantitative estimate of drug-likeness (QED) is 0.0896. The van der Waals surface area contributed by atoms with E-state index in [9.17, 15) is 14.7 Å². The highest BCUT2D eigenvalue weighted by molar-refractivity contribution is 7.22. The molecular weight excluding hydrogens is 580 g/mol. The minimum atomic E-state index is -0.969. The number of rotatable bonds is 10. The number of fused-ring (bicyclic) bond motifs is 2. The number of ether oxygens (including phenoxy) is 4. The molecule has 10 heteroatoms. The van der Waals surface area contributed by atoms with Crippen LogP contribution < -0.4 is 23.8 Å². The molecule has 0 radical (unpaired) electrons. The summed E-state index contributed by atoms with van der Waals surface area (Å²) in [5.41, 5.74) is 2.56. The van der Waals surface area contributed by atoms with Crippen LogP contribution in [0.2, 0.25) is 0 Å². The van der Waals surface area contributed by atoms with Crippen molar-refractivity contribution >= 4 is 44.1 Å². The second kappa shape index (κ2) is 12.2. The Morgan fingerprint density at radius 1 is 1.05 bits per heavy atom.